The molecule has 30 heavy (non-hydrogen) atoms. The van der Waals surface area contributed by atoms with Crippen LogP contribution in [-0.2, 0) is 15.9 Å². The zero-order valence-corrected chi connectivity index (χ0v) is 16.3. The molecule has 0 aliphatic heterocycles. The molecule has 0 bridgehead atoms. The van der Waals surface area contributed by atoms with Gasteiger partial charge < -0.3 is 9.26 Å². The van der Waals surface area contributed by atoms with Crippen LogP contribution in [0.4, 0.5) is 17.6 Å². The number of alkyl halides is 3. The Labute approximate surface area is 167 Å². The van der Waals surface area contributed by atoms with Gasteiger partial charge in [0.15, 0.2) is 0 Å². The van der Waals surface area contributed by atoms with Gasteiger partial charge in [-0.1, -0.05) is 5.16 Å². The Morgan fingerprint density at radius 3 is 2.37 bits per heavy atom. The van der Waals surface area contributed by atoms with Crippen molar-refractivity contribution in [3.8, 4) is 17.1 Å². The minimum atomic E-state index is -4.78. The molecule has 1 unspecified atom stereocenters. The van der Waals surface area contributed by atoms with Crippen LogP contribution in [0.2, 0.25) is 0 Å². The van der Waals surface area contributed by atoms with Gasteiger partial charge in [0.2, 0.25) is 5.82 Å². The molecule has 2 aromatic carbocycles. The fourth-order valence-electron chi connectivity index (χ4n) is 2.37. The third kappa shape index (κ3) is 4.48. The Kier molecular flexibility index (Phi) is 5.61. The van der Waals surface area contributed by atoms with E-state index in [0.29, 0.717) is 0 Å². The second-order valence-electron chi connectivity index (χ2n) is 5.99. The number of amides is 1. The molecule has 0 aliphatic rings. The molecular weight excluding hydrogens is 430 g/mol. The van der Waals surface area contributed by atoms with Crippen molar-refractivity contribution >= 4 is 15.6 Å². The quantitative estimate of drug-likeness (QED) is 0.561. The lowest BCUT2D eigenvalue weighted by molar-refractivity contribution is -0.159. The van der Waals surface area contributed by atoms with Gasteiger partial charge in [-0.2, -0.15) is 22.5 Å². The lowest BCUT2D eigenvalue weighted by Gasteiger charge is -2.06. The van der Waals surface area contributed by atoms with E-state index in [1.54, 1.807) is 0 Å². The summed E-state index contributed by atoms with van der Waals surface area (Å²) in [5, 5.41) is 3.25. The summed E-state index contributed by atoms with van der Waals surface area (Å²) in [5.74, 6) is -3.52. The Bertz CT molecular complexity index is 1210. The van der Waals surface area contributed by atoms with Gasteiger partial charge >= 0.3 is 12.1 Å². The first-order chi connectivity index (χ1) is 14.0. The minimum Gasteiger partial charge on any atom is -0.497 e. The molecule has 0 spiro atoms. The highest BCUT2D eigenvalue weighted by Gasteiger charge is 2.38. The maximum absolute atomic E-state index is 14.0. The lowest BCUT2D eigenvalue weighted by atomic mass is 10.2. The molecule has 12 heteroatoms. The SMILES string of the molecule is COc1ccc(C(=O)N=S(C)(=O)c2ccc(-c3noc(C(F)(F)F)n3)cc2)c(F)c1. The van der Waals surface area contributed by atoms with Crippen LogP contribution in [0.3, 0.4) is 0 Å². The normalized spacial score (nSPS) is 13.5. The third-order valence-electron chi connectivity index (χ3n) is 3.88. The van der Waals surface area contributed by atoms with E-state index in [1.165, 1.54) is 43.7 Å². The van der Waals surface area contributed by atoms with Crippen molar-refractivity contribution in [1.82, 2.24) is 10.1 Å². The number of ether oxygens (including phenoxy) is 1. The fraction of sp³-hybridized carbons (Fsp3) is 0.167. The molecule has 1 amide bonds. The monoisotopic (exact) mass is 443 g/mol. The zero-order valence-electron chi connectivity index (χ0n) is 15.4. The van der Waals surface area contributed by atoms with E-state index in [2.05, 4.69) is 19.0 Å². The van der Waals surface area contributed by atoms with Gasteiger partial charge in [0, 0.05) is 22.8 Å². The molecule has 7 nitrogen and oxygen atoms in total. The second-order valence-corrected chi connectivity index (χ2v) is 8.25. The van der Waals surface area contributed by atoms with Crippen LogP contribution in [0.25, 0.3) is 11.4 Å². The average molecular weight is 443 g/mol. The van der Waals surface area contributed by atoms with E-state index < -0.39 is 33.5 Å². The van der Waals surface area contributed by atoms with Crippen molar-refractivity contribution in [2.45, 2.75) is 11.1 Å². The van der Waals surface area contributed by atoms with Gasteiger partial charge in [0.05, 0.1) is 22.4 Å². The highest BCUT2D eigenvalue weighted by molar-refractivity contribution is 7.93. The number of hydrogen-bond acceptors (Lipinski definition) is 6. The third-order valence-corrected chi connectivity index (χ3v) is 5.54. The highest BCUT2D eigenvalue weighted by atomic mass is 32.2. The number of halogens is 4. The largest absolute Gasteiger partial charge is 0.497 e. The number of nitrogens with zero attached hydrogens (tertiary/aromatic N) is 3. The zero-order chi connectivity index (χ0) is 22.1. The number of hydrogen-bond donors (Lipinski definition) is 0. The highest BCUT2D eigenvalue weighted by Crippen LogP contribution is 2.29. The predicted octanol–water partition coefficient (Wildman–Crippen LogP) is 4.20. The van der Waals surface area contributed by atoms with Gasteiger partial charge in [0.25, 0.3) is 5.91 Å². The van der Waals surface area contributed by atoms with Crippen LogP contribution in [-0.4, -0.2) is 33.6 Å². The predicted molar refractivity (Wildman–Crippen MR) is 96.8 cm³/mol. The standard InChI is InChI=1S/C18H13F4N3O4S/c1-28-11-5-8-13(14(19)9-11)16(26)25-30(2,27)12-6-3-10(4-7-12)15-23-17(29-24-15)18(20,21)22/h3-9H,1-2H3. The first-order valence-corrected chi connectivity index (χ1v) is 10.0. The van der Waals surface area contributed by atoms with Crippen LogP contribution < -0.4 is 4.74 Å². The molecule has 1 aromatic heterocycles. The summed E-state index contributed by atoms with van der Waals surface area (Å²) in [6.45, 7) is 0. The summed E-state index contributed by atoms with van der Waals surface area (Å²) in [6, 6.07) is 8.71. The molecule has 0 aliphatic carbocycles. The maximum atomic E-state index is 14.0. The second kappa shape index (κ2) is 7.86. The summed E-state index contributed by atoms with van der Waals surface area (Å²) >= 11 is 0. The van der Waals surface area contributed by atoms with Crippen molar-refractivity contribution in [1.29, 1.82) is 0 Å². The molecule has 158 valence electrons. The smallest absolute Gasteiger partial charge is 0.471 e. The van der Waals surface area contributed by atoms with Gasteiger partial charge in [0.1, 0.15) is 11.6 Å². The Morgan fingerprint density at radius 2 is 1.83 bits per heavy atom. The molecule has 0 fully saturated rings. The Hall–Kier alpha value is -3.28. The van der Waals surface area contributed by atoms with Crippen LogP contribution in [0.1, 0.15) is 16.2 Å². The van der Waals surface area contributed by atoms with Crippen molar-refractivity contribution in [3.63, 3.8) is 0 Å². The van der Waals surface area contributed by atoms with E-state index in [0.717, 1.165) is 12.1 Å². The number of methoxy groups -OCH3 is 1. The topological polar surface area (TPSA) is 94.7 Å². The first-order valence-electron chi connectivity index (χ1n) is 8.12. The van der Waals surface area contributed by atoms with Gasteiger partial charge in [-0.05, 0) is 36.4 Å². The van der Waals surface area contributed by atoms with Crippen molar-refractivity contribution in [2.75, 3.05) is 13.4 Å². The number of rotatable bonds is 4. The minimum absolute atomic E-state index is 0.105. The van der Waals surface area contributed by atoms with E-state index in [1.807, 2.05) is 0 Å². The Balaban J connectivity index is 1.88. The van der Waals surface area contributed by atoms with Crippen LogP contribution in [0.5, 0.6) is 5.75 Å². The summed E-state index contributed by atoms with van der Waals surface area (Å²) in [4.78, 5) is 15.6. The van der Waals surface area contributed by atoms with Gasteiger partial charge in [-0.3, -0.25) is 4.79 Å². The fourth-order valence-corrected chi connectivity index (χ4v) is 3.53. The number of carbonyl (C=O) groups excluding carboxylic acids is 1. The molecule has 3 rings (SSSR count). The molecule has 0 radical (unpaired) electrons. The van der Waals surface area contributed by atoms with E-state index in [-0.39, 0.29) is 27.6 Å². The lowest BCUT2D eigenvalue weighted by Crippen LogP contribution is -2.06. The van der Waals surface area contributed by atoms with E-state index in [4.69, 9.17) is 4.74 Å². The molecule has 1 heterocycles. The van der Waals surface area contributed by atoms with Crippen molar-refractivity contribution < 1.29 is 35.8 Å². The first kappa shape index (κ1) is 21.4. The van der Waals surface area contributed by atoms with Crippen LogP contribution >= 0.6 is 0 Å². The Morgan fingerprint density at radius 1 is 1.17 bits per heavy atom. The summed E-state index contributed by atoms with van der Waals surface area (Å²) in [5.41, 5.74) is -0.214. The van der Waals surface area contributed by atoms with E-state index >= 15 is 0 Å². The van der Waals surface area contributed by atoms with Gasteiger partial charge in [-0.15, -0.1) is 0 Å². The van der Waals surface area contributed by atoms with Crippen LogP contribution in [0.15, 0.2) is 56.2 Å². The molecule has 1 atom stereocenters. The van der Waals surface area contributed by atoms with Crippen molar-refractivity contribution in [3.05, 3.63) is 59.7 Å². The van der Waals surface area contributed by atoms with Crippen LogP contribution in [0, 0.1) is 5.82 Å². The maximum Gasteiger partial charge on any atom is 0.471 e. The number of aromatic nitrogens is 2. The number of carbonyl (C=O) groups is 1. The summed E-state index contributed by atoms with van der Waals surface area (Å²) in [7, 11) is -1.94. The molecule has 0 saturated carbocycles. The van der Waals surface area contributed by atoms with Gasteiger partial charge in [-0.25, -0.2) is 8.60 Å². The average Bonchev–Trinajstić information content (AvgIpc) is 3.18. The molecular formula is C18H13F4N3O4S. The summed E-state index contributed by atoms with van der Waals surface area (Å²) < 4.78 is 77.2. The number of benzene rings is 2. The molecule has 0 N–H and O–H groups in total. The molecule has 3 aromatic rings. The molecule has 0 saturated heterocycles. The summed E-state index contributed by atoms with van der Waals surface area (Å²) in [6.07, 6.45) is -3.60. The van der Waals surface area contributed by atoms with E-state index in [9.17, 15) is 26.6 Å². The van der Waals surface area contributed by atoms with Crippen molar-refractivity contribution in [2.24, 2.45) is 4.36 Å².